The second-order valence-electron chi connectivity index (χ2n) is 4.37. The molecule has 1 aromatic carbocycles. The average Bonchev–Trinajstić information content (AvgIpc) is 2.85. The zero-order valence-electron chi connectivity index (χ0n) is 10.4. The lowest BCUT2D eigenvalue weighted by atomic mass is 10.0. The molecule has 0 amide bonds. The zero-order chi connectivity index (χ0) is 14.3. The number of benzene rings is 1. The van der Waals surface area contributed by atoms with Crippen molar-refractivity contribution in [1.29, 1.82) is 0 Å². The van der Waals surface area contributed by atoms with Crippen LogP contribution in [0.3, 0.4) is 0 Å². The van der Waals surface area contributed by atoms with Crippen LogP contribution >= 0.6 is 0 Å². The highest BCUT2D eigenvalue weighted by molar-refractivity contribution is 5.94. The molecule has 0 aliphatic rings. The molecule has 4 nitrogen and oxygen atoms in total. The first-order chi connectivity index (χ1) is 9.45. The van der Waals surface area contributed by atoms with Crippen LogP contribution in [0.15, 0.2) is 30.7 Å². The fraction of sp³-hybridized carbons (Fsp3) is 0.154. The number of halogens is 3. The second-order valence-corrected chi connectivity index (χ2v) is 4.37. The van der Waals surface area contributed by atoms with Crippen molar-refractivity contribution in [2.75, 3.05) is 0 Å². The first kappa shape index (κ1) is 12.6. The van der Waals surface area contributed by atoms with Gasteiger partial charge in [0, 0.05) is 23.3 Å². The zero-order valence-corrected chi connectivity index (χ0v) is 10.4. The number of aromatic nitrogens is 4. The Labute approximate surface area is 111 Å². The Hall–Kier alpha value is -2.44. The van der Waals surface area contributed by atoms with Gasteiger partial charge in [-0.15, -0.1) is 0 Å². The number of aryl methyl sites for hydroxylation is 1. The van der Waals surface area contributed by atoms with E-state index in [1.807, 2.05) is 0 Å². The Morgan fingerprint density at radius 3 is 2.40 bits per heavy atom. The van der Waals surface area contributed by atoms with E-state index >= 15 is 0 Å². The lowest BCUT2D eigenvalue weighted by Gasteiger charge is -2.10. The van der Waals surface area contributed by atoms with Gasteiger partial charge in [0.15, 0.2) is 0 Å². The van der Waals surface area contributed by atoms with Gasteiger partial charge in [0.25, 0.3) is 0 Å². The lowest BCUT2D eigenvalue weighted by molar-refractivity contribution is -0.137. The van der Waals surface area contributed by atoms with Gasteiger partial charge < -0.3 is 0 Å². The number of nitrogens with one attached hydrogen (secondary N) is 1. The molecule has 0 atom stereocenters. The predicted molar refractivity (Wildman–Crippen MR) is 66.9 cm³/mol. The average molecular weight is 278 g/mol. The van der Waals surface area contributed by atoms with Crippen LogP contribution in [0.1, 0.15) is 11.4 Å². The molecule has 2 aromatic heterocycles. The Morgan fingerprint density at radius 2 is 1.75 bits per heavy atom. The monoisotopic (exact) mass is 278 g/mol. The Balaban J connectivity index is 2.27. The molecule has 0 radical (unpaired) electrons. The minimum Gasteiger partial charge on any atom is -0.278 e. The second kappa shape index (κ2) is 4.29. The molecule has 7 heteroatoms. The SMILES string of the molecule is Cc1ncc(-c2cc(C(F)(F)F)cc3[nH]ncc23)cn1. The summed E-state index contributed by atoms with van der Waals surface area (Å²) in [5.74, 6) is 0.559. The molecule has 2 heterocycles. The lowest BCUT2D eigenvalue weighted by Crippen LogP contribution is -2.05. The maximum Gasteiger partial charge on any atom is 0.416 e. The molecule has 0 aliphatic carbocycles. The van der Waals surface area contributed by atoms with E-state index in [2.05, 4.69) is 20.2 Å². The van der Waals surface area contributed by atoms with E-state index in [4.69, 9.17) is 0 Å². The van der Waals surface area contributed by atoms with Crippen molar-refractivity contribution in [2.24, 2.45) is 0 Å². The van der Waals surface area contributed by atoms with Crippen molar-refractivity contribution in [2.45, 2.75) is 13.1 Å². The van der Waals surface area contributed by atoms with Crippen molar-refractivity contribution in [3.05, 3.63) is 42.1 Å². The molecule has 0 spiro atoms. The first-order valence-corrected chi connectivity index (χ1v) is 5.78. The molecular weight excluding hydrogens is 269 g/mol. The van der Waals surface area contributed by atoms with Gasteiger partial charge in [-0.3, -0.25) is 5.10 Å². The molecule has 0 aliphatic heterocycles. The van der Waals surface area contributed by atoms with Gasteiger partial charge in [-0.25, -0.2) is 9.97 Å². The molecule has 0 fully saturated rings. The molecule has 0 saturated heterocycles. The summed E-state index contributed by atoms with van der Waals surface area (Å²) in [4.78, 5) is 8.03. The van der Waals surface area contributed by atoms with Gasteiger partial charge in [-0.1, -0.05) is 0 Å². The molecule has 0 saturated carbocycles. The van der Waals surface area contributed by atoms with Gasteiger partial charge in [0.05, 0.1) is 17.3 Å². The van der Waals surface area contributed by atoms with Crippen molar-refractivity contribution in [3.8, 4) is 11.1 Å². The number of rotatable bonds is 1. The number of H-pyrrole nitrogens is 1. The number of hydrogen-bond donors (Lipinski definition) is 1. The van der Waals surface area contributed by atoms with Crippen LogP contribution in [0.5, 0.6) is 0 Å². The van der Waals surface area contributed by atoms with Crippen molar-refractivity contribution >= 4 is 10.9 Å². The van der Waals surface area contributed by atoms with Gasteiger partial charge in [0.2, 0.25) is 0 Å². The summed E-state index contributed by atoms with van der Waals surface area (Å²) in [6.45, 7) is 1.71. The fourth-order valence-electron chi connectivity index (χ4n) is 1.99. The Kier molecular flexibility index (Phi) is 2.70. The maximum absolute atomic E-state index is 12.9. The van der Waals surface area contributed by atoms with Gasteiger partial charge in [-0.05, 0) is 24.6 Å². The molecule has 0 bridgehead atoms. The summed E-state index contributed by atoms with van der Waals surface area (Å²) in [6.07, 6.45) is 0.0821. The quantitative estimate of drug-likeness (QED) is 0.742. The van der Waals surface area contributed by atoms with Crippen LogP contribution in [0.25, 0.3) is 22.0 Å². The summed E-state index contributed by atoms with van der Waals surface area (Å²) >= 11 is 0. The summed E-state index contributed by atoms with van der Waals surface area (Å²) < 4.78 is 38.7. The van der Waals surface area contributed by atoms with Crippen molar-refractivity contribution in [1.82, 2.24) is 20.2 Å². The van der Waals surface area contributed by atoms with Crippen LogP contribution in [0.2, 0.25) is 0 Å². The van der Waals surface area contributed by atoms with E-state index in [0.29, 0.717) is 27.9 Å². The fourth-order valence-corrected chi connectivity index (χ4v) is 1.99. The minimum absolute atomic E-state index is 0.329. The third-order valence-corrected chi connectivity index (χ3v) is 2.98. The molecule has 3 aromatic rings. The normalized spacial score (nSPS) is 12.0. The summed E-state index contributed by atoms with van der Waals surface area (Å²) in [5.41, 5.74) is 0.525. The van der Waals surface area contributed by atoms with E-state index in [9.17, 15) is 13.2 Å². The highest BCUT2D eigenvalue weighted by Crippen LogP contribution is 2.36. The predicted octanol–water partition coefficient (Wildman–Crippen LogP) is 3.35. The van der Waals surface area contributed by atoms with Gasteiger partial charge in [0.1, 0.15) is 5.82 Å². The highest BCUT2D eigenvalue weighted by atomic mass is 19.4. The molecule has 1 N–H and O–H groups in total. The minimum atomic E-state index is -4.42. The van der Waals surface area contributed by atoms with Crippen LogP contribution < -0.4 is 0 Å². The van der Waals surface area contributed by atoms with Crippen LogP contribution in [-0.4, -0.2) is 20.2 Å². The maximum atomic E-state index is 12.9. The van der Waals surface area contributed by atoms with E-state index in [0.717, 1.165) is 12.1 Å². The number of nitrogens with zero attached hydrogens (tertiary/aromatic N) is 3. The molecular formula is C13H9F3N4. The Bertz CT molecular complexity index is 759. The standard InChI is InChI=1S/C13H9F3N4/c1-7-17-4-8(5-18-7)10-2-9(13(14,15)16)3-12-11(10)6-19-20-12/h2-6H,1H3,(H,19,20). The summed E-state index contributed by atoms with van der Waals surface area (Å²) in [6, 6.07) is 2.13. The summed E-state index contributed by atoms with van der Waals surface area (Å²) in [5, 5.41) is 6.96. The molecule has 0 unspecified atom stereocenters. The van der Waals surface area contributed by atoms with Gasteiger partial charge >= 0.3 is 6.18 Å². The van der Waals surface area contributed by atoms with Crippen LogP contribution in [0, 0.1) is 6.92 Å². The summed E-state index contributed by atoms with van der Waals surface area (Å²) in [7, 11) is 0. The number of hydrogen-bond acceptors (Lipinski definition) is 3. The highest BCUT2D eigenvalue weighted by Gasteiger charge is 2.31. The molecule has 3 rings (SSSR count). The van der Waals surface area contributed by atoms with E-state index in [1.165, 1.54) is 18.6 Å². The van der Waals surface area contributed by atoms with Crippen molar-refractivity contribution < 1.29 is 13.2 Å². The molecule has 102 valence electrons. The molecule has 20 heavy (non-hydrogen) atoms. The van der Waals surface area contributed by atoms with Crippen LogP contribution in [-0.2, 0) is 6.18 Å². The largest absolute Gasteiger partial charge is 0.416 e. The smallest absolute Gasteiger partial charge is 0.278 e. The first-order valence-electron chi connectivity index (χ1n) is 5.78. The Morgan fingerprint density at radius 1 is 1.05 bits per heavy atom. The van der Waals surface area contributed by atoms with Gasteiger partial charge in [-0.2, -0.15) is 18.3 Å². The number of alkyl halides is 3. The third kappa shape index (κ3) is 2.11. The third-order valence-electron chi connectivity index (χ3n) is 2.98. The van der Waals surface area contributed by atoms with E-state index in [1.54, 1.807) is 6.92 Å². The van der Waals surface area contributed by atoms with E-state index in [-0.39, 0.29) is 0 Å². The van der Waals surface area contributed by atoms with Crippen LogP contribution in [0.4, 0.5) is 13.2 Å². The number of aromatic amines is 1. The topological polar surface area (TPSA) is 54.5 Å². The van der Waals surface area contributed by atoms with E-state index < -0.39 is 11.7 Å². The van der Waals surface area contributed by atoms with Crippen molar-refractivity contribution in [3.63, 3.8) is 0 Å². The number of fused-ring (bicyclic) bond motifs is 1.